The van der Waals surface area contributed by atoms with Crippen LogP contribution in [0.1, 0.15) is 57.4 Å². The lowest BCUT2D eigenvalue weighted by Gasteiger charge is -2.14. The third-order valence-corrected chi connectivity index (χ3v) is 3.96. The van der Waals surface area contributed by atoms with Crippen LogP contribution >= 0.6 is 0 Å². The quantitative estimate of drug-likeness (QED) is 0.572. The molecule has 148 valence electrons. The molecule has 0 unspecified atom stereocenters. The van der Waals surface area contributed by atoms with Gasteiger partial charge in [-0.1, -0.05) is 45.0 Å². The van der Waals surface area contributed by atoms with Crippen LogP contribution < -0.4 is 10.6 Å². The maximum atomic E-state index is 5.80. The molecule has 6 nitrogen and oxygen atoms in total. The molecular formula is C21H32N4O2. The average Bonchev–Trinajstić information content (AvgIpc) is 3.10. The van der Waals surface area contributed by atoms with E-state index >= 15 is 0 Å². The third kappa shape index (κ3) is 7.06. The molecule has 1 aromatic carbocycles. The van der Waals surface area contributed by atoms with Gasteiger partial charge in [0.2, 0.25) is 5.89 Å². The highest BCUT2D eigenvalue weighted by Gasteiger charge is 2.19. The first-order valence-corrected chi connectivity index (χ1v) is 9.37. The Morgan fingerprint density at radius 2 is 1.89 bits per heavy atom. The van der Waals surface area contributed by atoms with E-state index < -0.39 is 0 Å². The van der Waals surface area contributed by atoms with E-state index in [2.05, 4.69) is 59.6 Å². The van der Waals surface area contributed by atoms with E-state index in [9.17, 15) is 0 Å². The summed E-state index contributed by atoms with van der Waals surface area (Å²) in [5, 5.41) is 6.55. The molecule has 0 amide bonds. The molecule has 2 aromatic rings. The molecule has 6 heteroatoms. The zero-order chi connectivity index (χ0) is 19.9. The van der Waals surface area contributed by atoms with Crippen molar-refractivity contribution in [1.82, 2.24) is 15.6 Å². The Morgan fingerprint density at radius 1 is 1.19 bits per heavy atom. The normalized spacial score (nSPS) is 12.5. The maximum Gasteiger partial charge on any atom is 0.213 e. The first-order valence-electron chi connectivity index (χ1n) is 9.37. The van der Waals surface area contributed by atoms with Crippen molar-refractivity contribution in [1.29, 1.82) is 0 Å². The van der Waals surface area contributed by atoms with Gasteiger partial charge in [-0.05, 0) is 25.0 Å². The number of ether oxygens (including phenoxy) is 1. The molecular weight excluding hydrogens is 340 g/mol. The van der Waals surface area contributed by atoms with Crippen molar-refractivity contribution in [3.63, 3.8) is 0 Å². The summed E-state index contributed by atoms with van der Waals surface area (Å²) in [6.07, 6.45) is 2.02. The van der Waals surface area contributed by atoms with Crippen molar-refractivity contribution in [3.05, 3.63) is 53.2 Å². The first kappa shape index (κ1) is 21.0. The zero-order valence-electron chi connectivity index (χ0n) is 17.3. The van der Waals surface area contributed by atoms with Crippen LogP contribution in [0.2, 0.25) is 0 Å². The highest BCUT2D eigenvalue weighted by molar-refractivity contribution is 5.79. The van der Waals surface area contributed by atoms with Crippen LogP contribution in [-0.4, -0.2) is 24.1 Å². The van der Waals surface area contributed by atoms with Crippen molar-refractivity contribution >= 4 is 5.96 Å². The summed E-state index contributed by atoms with van der Waals surface area (Å²) in [5.74, 6) is 2.23. The number of hydrogen-bond donors (Lipinski definition) is 2. The van der Waals surface area contributed by atoms with Gasteiger partial charge in [0.05, 0.1) is 25.5 Å². The molecule has 1 heterocycles. The second-order valence-corrected chi connectivity index (χ2v) is 7.83. The van der Waals surface area contributed by atoms with E-state index in [-0.39, 0.29) is 11.5 Å². The number of nitrogens with one attached hydrogen (secondary N) is 2. The lowest BCUT2D eigenvalue weighted by Crippen LogP contribution is -2.36. The van der Waals surface area contributed by atoms with Crippen LogP contribution in [0, 0.1) is 0 Å². The van der Waals surface area contributed by atoms with E-state index in [4.69, 9.17) is 9.15 Å². The van der Waals surface area contributed by atoms with E-state index in [0.29, 0.717) is 31.5 Å². The summed E-state index contributed by atoms with van der Waals surface area (Å²) in [6, 6.07) is 8.36. The number of hydrogen-bond acceptors (Lipinski definition) is 4. The first-order chi connectivity index (χ1) is 12.8. The summed E-state index contributed by atoms with van der Waals surface area (Å²) in [7, 11) is 1.75. The van der Waals surface area contributed by atoms with Crippen molar-refractivity contribution in [2.75, 3.05) is 7.05 Å². The maximum absolute atomic E-state index is 5.80. The molecule has 0 saturated heterocycles. The van der Waals surface area contributed by atoms with Gasteiger partial charge in [0.1, 0.15) is 5.76 Å². The molecule has 0 saturated carbocycles. The Labute approximate surface area is 162 Å². The molecule has 0 atom stereocenters. The Bertz CT molecular complexity index is 745. The Kier molecular flexibility index (Phi) is 7.42. The van der Waals surface area contributed by atoms with Crippen molar-refractivity contribution < 1.29 is 9.15 Å². The third-order valence-electron chi connectivity index (χ3n) is 3.96. The molecule has 2 rings (SSSR count). The minimum Gasteiger partial charge on any atom is -0.443 e. The lowest BCUT2D eigenvalue weighted by molar-refractivity contribution is 0.0657. The summed E-state index contributed by atoms with van der Waals surface area (Å²) in [4.78, 5) is 8.58. The molecule has 27 heavy (non-hydrogen) atoms. The number of aliphatic imine (C=N–C) groups is 1. The number of aromatic nitrogens is 1. The van der Waals surface area contributed by atoms with Gasteiger partial charge in [-0.3, -0.25) is 4.99 Å². The van der Waals surface area contributed by atoms with Gasteiger partial charge < -0.3 is 19.8 Å². The van der Waals surface area contributed by atoms with E-state index in [1.165, 1.54) is 11.1 Å². The minimum atomic E-state index is -0.0462. The molecule has 2 N–H and O–H groups in total. The summed E-state index contributed by atoms with van der Waals surface area (Å²) in [6.45, 7) is 12.2. The highest BCUT2D eigenvalue weighted by Crippen LogP contribution is 2.22. The monoisotopic (exact) mass is 372 g/mol. The van der Waals surface area contributed by atoms with Gasteiger partial charge in [-0.25, -0.2) is 4.98 Å². The molecule has 0 aliphatic rings. The van der Waals surface area contributed by atoms with Crippen LogP contribution in [0.5, 0.6) is 0 Å². The Balaban J connectivity index is 1.85. The van der Waals surface area contributed by atoms with Crippen LogP contribution in [0.3, 0.4) is 0 Å². The molecule has 0 radical (unpaired) electrons. The SMILES string of the molecule is CN=C(NCc1cccc(COC(C)C)c1)NCc1ncc(C(C)(C)C)o1. The number of benzene rings is 1. The van der Waals surface area contributed by atoms with E-state index in [0.717, 1.165) is 5.76 Å². The van der Waals surface area contributed by atoms with Gasteiger partial charge in [0, 0.05) is 19.0 Å². The second-order valence-electron chi connectivity index (χ2n) is 7.83. The Morgan fingerprint density at radius 3 is 2.52 bits per heavy atom. The fourth-order valence-electron chi connectivity index (χ4n) is 2.40. The van der Waals surface area contributed by atoms with Crippen LogP contribution in [0.25, 0.3) is 0 Å². The molecule has 1 aromatic heterocycles. The lowest BCUT2D eigenvalue weighted by atomic mass is 9.94. The van der Waals surface area contributed by atoms with Crippen molar-refractivity contribution in [2.45, 2.75) is 65.8 Å². The van der Waals surface area contributed by atoms with Crippen molar-refractivity contribution in [2.24, 2.45) is 4.99 Å². The number of nitrogens with zero attached hydrogens (tertiary/aromatic N) is 2. The average molecular weight is 373 g/mol. The second kappa shape index (κ2) is 9.55. The minimum absolute atomic E-state index is 0.0462. The summed E-state index contributed by atoms with van der Waals surface area (Å²) >= 11 is 0. The number of oxazole rings is 1. The topological polar surface area (TPSA) is 71.7 Å². The van der Waals surface area contributed by atoms with Crippen LogP contribution in [0.15, 0.2) is 39.9 Å². The van der Waals surface area contributed by atoms with Gasteiger partial charge in [0.25, 0.3) is 0 Å². The number of guanidine groups is 1. The standard InChI is InChI=1S/C21H32N4O2/c1-15(2)26-14-17-9-7-8-16(10-17)11-24-20(22-6)25-13-19-23-12-18(27-19)21(3,4)5/h7-10,12,15H,11,13-14H2,1-6H3,(H2,22,24,25). The van der Waals surface area contributed by atoms with Crippen LogP contribution in [0.4, 0.5) is 0 Å². The summed E-state index contributed by atoms with van der Waals surface area (Å²) < 4.78 is 11.5. The fourth-order valence-corrected chi connectivity index (χ4v) is 2.40. The van der Waals surface area contributed by atoms with Crippen molar-refractivity contribution in [3.8, 4) is 0 Å². The van der Waals surface area contributed by atoms with E-state index in [1.807, 2.05) is 19.9 Å². The Hall–Kier alpha value is -2.34. The molecule has 0 spiro atoms. The molecule has 0 aliphatic carbocycles. The molecule has 0 fully saturated rings. The zero-order valence-corrected chi connectivity index (χ0v) is 17.3. The van der Waals surface area contributed by atoms with Gasteiger partial charge in [-0.2, -0.15) is 0 Å². The summed E-state index contributed by atoms with van der Waals surface area (Å²) in [5.41, 5.74) is 2.30. The predicted molar refractivity (Wildman–Crippen MR) is 109 cm³/mol. The van der Waals surface area contributed by atoms with Gasteiger partial charge >= 0.3 is 0 Å². The predicted octanol–water partition coefficient (Wildman–Crippen LogP) is 3.76. The van der Waals surface area contributed by atoms with Gasteiger partial charge in [0.15, 0.2) is 5.96 Å². The smallest absolute Gasteiger partial charge is 0.213 e. The fraction of sp³-hybridized carbons (Fsp3) is 0.524. The van der Waals surface area contributed by atoms with Gasteiger partial charge in [-0.15, -0.1) is 0 Å². The van der Waals surface area contributed by atoms with Crippen LogP contribution in [-0.2, 0) is 29.8 Å². The van der Waals surface area contributed by atoms with E-state index in [1.54, 1.807) is 13.2 Å². The number of rotatable bonds is 7. The highest BCUT2D eigenvalue weighted by atomic mass is 16.5. The molecule has 0 bridgehead atoms. The molecule has 0 aliphatic heterocycles. The largest absolute Gasteiger partial charge is 0.443 e.